The molecule has 40 heavy (non-hydrogen) atoms. The maximum Gasteiger partial charge on any atom is 0.326 e. The van der Waals surface area contributed by atoms with Crippen LogP contribution >= 0.6 is 11.8 Å². The molecule has 0 aliphatic heterocycles. The van der Waals surface area contributed by atoms with E-state index in [1.165, 1.54) is 11.8 Å². The Bertz CT molecular complexity index is 962. The summed E-state index contributed by atoms with van der Waals surface area (Å²) in [5.74, 6) is -2.37. The van der Waals surface area contributed by atoms with Gasteiger partial charge in [0.1, 0.15) is 18.1 Å². The van der Waals surface area contributed by atoms with Gasteiger partial charge >= 0.3 is 5.97 Å². The molecule has 1 aromatic carbocycles. The van der Waals surface area contributed by atoms with Crippen molar-refractivity contribution in [1.29, 1.82) is 0 Å². The van der Waals surface area contributed by atoms with Gasteiger partial charge in [0, 0.05) is 13.0 Å². The minimum absolute atomic E-state index is 0.0499. The number of carboxylic acid groups (broad SMARTS) is 1. The zero-order chi connectivity index (χ0) is 29.9. The van der Waals surface area contributed by atoms with E-state index in [4.69, 9.17) is 22.9 Å². The highest BCUT2D eigenvalue weighted by Gasteiger charge is 2.30. The smallest absolute Gasteiger partial charge is 0.326 e. The lowest BCUT2D eigenvalue weighted by molar-refractivity contribution is -0.142. The lowest BCUT2D eigenvalue weighted by atomic mass is 10.0. The summed E-state index contributed by atoms with van der Waals surface area (Å²) >= 11 is 1.50. The van der Waals surface area contributed by atoms with Crippen molar-refractivity contribution in [3.05, 3.63) is 35.9 Å². The standard InChI is InChI=1S/C26H44N8O5S/c1-40-15-12-19(32-22(35)18(28)10-7-14-31-26(29)30)23(36)34-21(16-17-8-3-2-4-9-17)24(37)33-20(25(38)39)11-5-6-13-27/h2-4,8-9,18-21H,5-7,10-16,27-28H2,1H3,(H,32,35)(H,33,37)(H,34,36)(H,38,39)(H4,29,30,31). The molecular weight excluding hydrogens is 536 g/mol. The van der Waals surface area contributed by atoms with Crippen LogP contribution in [0.3, 0.4) is 0 Å². The van der Waals surface area contributed by atoms with E-state index >= 15 is 0 Å². The number of hydrogen-bond donors (Lipinski definition) is 8. The topological polar surface area (TPSA) is 241 Å². The van der Waals surface area contributed by atoms with Gasteiger partial charge in [0.25, 0.3) is 0 Å². The number of carboxylic acids is 1. The van der Waals surface area contributed by atoms with Crippen LogP contribution in [0.15, 0.2) is 35.3 Å². The van der Waals surface area contributed by atoms with E-state index < -0.39 is 47.9 Å². The van der Waals surface area contributed by atoms with Crippen molar-refractivity contribution >= 4 is 41.4 Å². The number of unbranched alkanes of at least 4 members (excludes halogenated alkanes) is 1. The van der Waals surface area contributed by atoms with Crippen molar-refractivity contribution in [3.63, 3.8) is 0 Å². The third-order valence-corrected chi connectivity index (χ3v) is 6.67. The summed E-state index contributed by atoms with van der Waals surface area (Å²) in [5, 5.41) is 17.6. The summed E-state index contributed by atoms with van der Waals surface area (Å²) in [6.45, 7) is 0.732. The van der Waals surface area contributed by atoms with Crippen molar-refractivity contribution < 1.29 is 24.3 Å². The van der Waals surface area contributed by atoms with E-state index in [9.17, 15) is 24.3 Å². The largest absolute Gasteiger partial charge is 0.480 e. The van der Waals surface area contributed by atoms with E-state index in [-0.39, 0.29) is 18.8 Å². The SMILES string of the molecule is CSCCC(NC(=O)C(N)CCCN=C(N)N)C(=O)NC(Cc1ccccc1)C(=O)NC(CCCCN)C(=O)O. The molecule has 0 spiro atoms. The monoisotopic (exact) mass is 580 g/mol. The molecule has 0 aliphatic carbocycles. The van der Waals surface area contributed by atoms with Gasteiger partial charge in [-0.2, -0.15) is 11.8 Å². The van der Waals surface area contributed by atoms with Crippen molar-refractivity contribution in [2.24, 2.45) is 27.9 Å². The Hall–Kier alpha value is -3.36. The molecule has 0 radical (unpaired) electrons. The molecule has 0 aliphatic rings. The number of thioether (sulfide) groups is 1. The first-order chi connectivity index (χ1) is 19.1. The minimum atomic E-state index is -1.17. The second-order valence-electron chi connectivity index (χ2n) is 9.33. The molecule has 0 saturated heterocycles. The molecule has 0 aromatic heterocycles. The number of nitrogens with zero attached hydrogens (tertiary/aromatic N) is 1. The summed E-state index contributed by atoms with van der Waals surface area (Å²) in [4.78, 5) is 54.9. The Morgan fingerprint density at radius 3 is 2.10 bits per heavy atom. The fraction of sp³-hybridized carbons (Fsp3) is 0.577. The minimum Gasteiger partial charge on any atom is -0.480 e. The van der Waals surface area contributed by atoms with Crippen LogP contribution < -0.4 is 38.9 Å². The average Bonchev–Trinajstić information content (AvgIpc) is 2.92. The number of benzene rings is 1. The van der Waals surface area contributed by atoms with Crippen LogP contribution in [-0.2, 0) is 25.6 Å². The number of amides is 3. The molecule has 1 rings (SSSR count). The maximum atomic E-state index is 13.3. The van der Waals surface area contributed by atoms with Crippen molar-refractivity contribution in [3.8, 4) is 0 Å². The number of hydrogen-bond acceptors (Lipinski definition) is 8. The molecule has 0 fully saturated rings. The number of guanidine groups is 1. The Morgan fingerprint density at radius 1 is 0.875 bits per heavy atom. The zero-order valence-electron chi connectivity index (χ0n) is 23.0. The Labute approximate surface area is 239 Å². The first kappa shape index (κ1) is 34.7. The van der Waals surface area contributed by atoms with Gasteiger partial charge in [-0.05, 0) is 62.6 Å². The fourth-order valence-electron chi connectivity index (χ4n) is 3.79. The number of rotatable bonds is 20. The fourth-order valence-corrected chi connectivity index (χ4v) is 4.26. The third-order valence-electron chi connectivity index (χ3n) is 6.03. The van der Waals surface area contributed by atoms with Gasteiger partial charge < -0.3 is 44.0 Å². The molecule has 3 amide bonds. The van der Waals surface area contributed by atoms with E-state index in [0.29, 0.717) is 50.9 Å². The highest BCUT2D eigenvalue weighted by atomic mass is 32.2. The highest BCUT2D eigenvalue weighted by Crippen LogP contribution is 2.08. The third kappa shape index (κ3) is 14.1. The molecule has 12 N–H and O–H groups in total. The van der Waals surface area contributed by atoms with Crippen LogP contribution in [0, 0.1) is 0 Å². The first-order valence-electron chi connectivity index (χ1n) is 13.3. The van der Waals surface area contributed by atoms with E-state index in [1.807, 2.05) is 12.3 Å². The van der Waals surface area contributed by atoms with Crippen LogP contribution in [0.1, 0.15) is 44.1 Å². The Kier molecular flexibility index (Phi) is 17.0. The van der Waals surface area contributed by atoms with Gasteiger partial charge in [-0.1, -0.05) is 30.3 Å². The summed E-state index contributed by atoms with van der Waals surface area (Å²) in [6, 6.07) is 4.99. The highest BCUT2D eigenvalue weighted by molar-refractivity contribution is 7.98. The Balaban J connectivity index is 3.01. The zero-order valence-corrected chi connectivity index (χ0v) is 23.8. The normalized spacial score (nSPS) is 13.8. The van der Waals surface area contributed by atoms with Gasteiger partial charge in [0.05, 0.1) is 6.04 Å². The van der Waals surface area contributed by atoms with Crippen LogP contribution in [0.25, 0.3) is 0 Å². The van der Waals surface area contributed by atoms with Crippen LogP contribution in [0.2, 0.25) is 0 Å². The molecule has 1 aromatic rings. The number of aliphatic imine (C=N–C) groups is 1. The van der Waals surface area contributed by atoms with Gasteiger partial charge in [0.15, 0.2) is 5.96 Å². The second kappa shape index (κ2) is 19.7. The summed E-state index contributed by atoms with van der Waals surface area (Å²) < 4.78 is 0. The summed E-state index contributed by atoms with van der Waals surface area (Å²) in [7, 11) is 0. The number of nitrogens with one attached hydrogen (secondary N) is 3. The van der Waals surface area contributed by atoms with E-state index in [1.54, 1.807) is 24.3 Å². The van der Waals surface area contributed by atoms with Crippen LogP contribution in [0.5, 0.6) is 0 Å². The molecule has 13 nitrogen and oxygen atoms in total. The van der Waals surface area contributed by atoms with Gasteiger partial charge in [-0.3, -0.25) is 19.4 Å². The van der Waals surface area contributed by atoms with Gasteiger partial charge in [-0.15, -0.1) is 0 Å². The van der Waals surface area contributed by atoms with Gasteiger partial charge in [0.2, 0.25) is 17.7 Å². The number of nitrogens with two attached hydrogens (primary N) is 4. The second-order valence-corrected chi connectivity index (χ2v) is 10.3. The average molecular weight is 581 g/mol. The summed E-state index contributed by atoms with van der Waals surface area (Å²) in [6.07, 6.45) is 4.43. The predicted octanol–water partition coefficient (Wildman–Crippen LogP) is -0.969. The molecule has 14 heteroatoms. The van der Waals surface area contributed by atoms with E-state index in [2.05, 4.69) is 20.9 Å². The molecule has 4 atom stereocenters. The van der Waals surface area contributed by atoms with Crippen molar-refractivity contribution in [1.82, 2.24) is 16.0 Å². The lowest BCUT2D eigenvalue weighted by Crippen LogP contribution is -2.57. The molecular formula is C26H44N8O5S. The number of aliphatic carboxylic acids is 1. The van der Waals surface area contributed by atoms with Crippen LogP contribution in [0.4, 0.5) is 0 Å². The number of carbonyl (C=O) groups excluding carboxylic acids is 3. The summed E-state index contributed by atoms with van der Waals surface area (Å²) in [5.41, 5.74) is 22.9. The molecule has 0 bridgehead atoms. The van der Waals surface area contributed by atoms with Crippen molar-refractivity contribution in [2.75, 3.05) is 25.1 Å². The first-order valence-corrected chi connectivity index (χ1v) is 14.7. The predicted molar refractivity (Wildman–Crippen MR) is 157 cm³/mol. The van der Waals surface area contributed by atoms with Gasteiger partial charge in [-0.25, -0.2) is 4.79 Å². The number of carbonyl (C=O) groups is 4. The van der Waals surface area contributed by atoms with Crippen LogP contribution in [-0.4, -0.2) is 84.0 Å². The Morgan fingerprint density at radius 2 is 1.50 bits per heavy atom. The maximum absolute atomic E-state index is 13.3. The molecule has 224 valence electrons. The lowest BCUT2D eigenvalue weighted by Gasteiger charge is -2.25. The molecule has 4 unspecified atom stereocenters. The quantitative estimate of drug-likeness (QED) is 0.0533. The molecule has 0 heterocycles. The van der Waals surface area contributed by atoms with Crippen molar-refractivity contribution in [2.45, 2.75) is 69.1 Å². The van der Waals surface area contributed by atoms with E-state index in [0.717, 1.165) is 5.56 Å². The molecule has 0 saturated carbocycles.